The molecule has 0 fully saturated rings. The summed E-state index contributed by atoms with van der Waals surface area (Å²) >= 11 is 0. The third-order valence-corrected chi connectivity index (χ3v) is 3.32. The number of imidazole rings is 1. The van der Waals surface area contributed by atoms with Gasteiger partial charge in [-0.05, 0) is 35.9 Å². The Hall–Kier alpha value is -2.69. The molecule has 0 aliphatic carbocycles. The van der Waals surface area contributed by atoms with Gasteiger partial charge in [0.05, 0.1) is 17.4 Å². The fraction of sp³-hybridized carbons (Fsp3) is 0.125. The van der Waals surface area contributed by atoms with E-state index in [0.717, 1.165) is 16.6 Å². The van der Waals surface area contributed by atoms with E-state index in [0.29, 0.717) is 12.1 Å². The molecule has 0 spiro atoms. The molecule has 0 radical (unpaired) electrons. The Morgan fingerprint density at radius 2 is 2.14 bits per heavy atom. The molecule has 0 bridgehead atoms. The fourth-order valence-corrected chi connectivity index (χ4v) is 2.27. The van der Waals surface area contributed by atoms with Crippen LogP contribution < -0.4 is 0 Å². The number of amides is 1. The Kier molecular flexibility index (Phi) is 3.39. The van der Waals surface area contributed by atoms with Crippen molar-refractivity contribution >= 4 is 16.9 Å². The summed E-state index contributed by atoms with van der Waals surface area (Å²) in [6.45, 7) is 0.359. The van der Waals surface area contributed by atoms with E-state index < -0.39 is 0 Å². The predicted octanol–water partition coefficient (Wildman–Crippen LogP) is 2.97. The lowest BCUT2D eigenvalue weighted by atomic mass is 10.1. The second-order valence-electron chi connectivity index (χ2n) is 4.93. The van der Waals surface area contributed by atoms with Crippen LogP contribution in [0, 0.1) is 5.82 Å². The molecule has 2 aromatic carbocycles. The van der Waals surface area contributed by atoms with E-state index in [9.17, 15) is 9.18 Å². The quantitative estimate of drug-likeness (QED) is 0.803. The van der Waals surface area contributed by atoms with Crippen LogP contribution in [0.2, 0.25) is 0 Å². The molecule has 1 N–H and O–H groups in total. The normalized spacial score (nSPS) is 10.8. The first-order valence-corrected chi connectivity index (χ1v) is 6.56. The number of rotatable bonds is 3. The number of aromatic amines is 1. The Morgan fingerprint density at radius 3 is 2.95 bits per heavy atom. The van der Waals surface area contributed by atoms with Gasteiger partial charge in [-0.1, -0.05) is 12.1 Å². The van der Waals surface area contributed by atoms with Gasteiger partial charge >= 0.3 is 0 Å². The first-order chi connectivity index (χ1) is 10.1. The van der Waals surface area contributed by atoms with Gasteiger partial charge in [-0.25, -0.2) is 9.37 Å². The van der Waals surface area contributed by atoms with Crippen LogP contribution in [0.3, 0.4) is 0 Å². The minimum Gasteiger partial charge on any atom is -0.345 e. The average molecular weight is 283 g/mol. The van der Waals surface area contributed by atoms with E-state index in [-0.39, 0.29) is 11.7 Å². The molecular formula is C16H14FN3O. The van der Waals surface area contributed by atoms with Crippen molar-refractivity contribution in [2.24, 2.45) is 0 Å². The Bertz CT molecular complexity index is 797. The maximum atomic E-state index is 13.2. The second kappa shape index (κ2) is 5.36. The molecule has 4 nitrogen and oxygen atoms in total. The topological polar surface area (TPSA) is 49.0 Å². The summed E-state index contributed by atoms with van der Waals surface area (Å²) < 4.78 is 13.2. The molecule has 1 heterocycles. The van der Waals surface area contributed by atoms with Gasteiger partial charge in [0.1, 0.15) is 5.82 Å². The summed E-state index contributed by atoms with van der Waals surface area (Å²) in [6.07, 6.45) is 1.59. The highest BCUT2D eigenvalue weighted by molar-refractivity contribution is 5.97. The van der Waals surface area contributed by atoms with Gasteiger partial charge < -0.3 is 9.88 Å². The molecule has 0 aliphatic rings. The number of halogens is 1. The van der Waals surface area contributed by atoms with Crippen LogP contribution in [0.5, 0.6) is 0 Å². The van der Waals surface area contributed by atoms with Crippen molar-refractivity contribution in [1.29, 1.82) is 0 Å². The molecule has 0 saturated heterocycles. The number of H-pyrrole nitrogens is 1. The number of carbonyl (C=O) groups excluding carboxylic acids is 1. The summed E-state index contributed by atoms with van der Waals surface area (Å²) in [5.41, 5.74) is 2.97. The first kappa shape index (κ1) is 13.3. The summed E-state index contributed by atoms with van der Waals surface area (Å²) in [5, 5.41) is 0. The van der Waals surface area contributed by atoms with Crippen molar-refractivity contribution in [3.8, 4) is 0 Å². The van der Waals surface area contributed by atoms with Crippen molar-refractivity contribution in [1.82, 2.24) is 14.9 Å². The van der Waals surface area contributed by atoms with Gasteiger partial charge in [-0.2, -0.15) is 0 Å². The van der Waals surface area contributed by atoms with Gasteiger partial charge in [0.15, 0.2) is 0 Å². The molecule has 0 atom stereocenters. The number of hydrogen-bond acceptors (Lipinski definition) is 2. The average Bonchev–Trinajstić information content (AvgIpc) is 2.93. The minimum absolute atomic E-state index is 0.115. The first-order valence-electron chi connectivity index (χ1n) is 6.56. The third kappa shape index (κ3) is 2.76. The van der Waals surface area contributed by atoms with E-state index in [1.165, 1.54) is 12.1 Å². The molecule has 106 valence electrons. The highest BCUT2D eigenvalue weighted by atomic mass is 19.1. The molecule has 0 aliphatic heterocycles. The maximum Gasteiger partial charge on any atom is 0.253 e. The SMILES string of the molecule is CN(Cc1cccc(F)c1)C(=O)c1ccc2nc[nH]c2c1. The van der Waals surface area contributed by atoms with E-state index >= 15 is 0 Å². The molecule has 3 aromatic rings. The van der Waals surface area contributed by atoms with E-state index in [2.05, 4.69) is 9.97 Å². The van der Waals surface area contributed by atoms with Crippen molar-refractivity contribution in [2.75, 3.05) is 7.05 Å². The molecule has 3 rings (SSSR count). The maximum absolute atomic E-state index is 13.2. The van der Waals surface area contributed by atoms with Gasteiger partial charge in [0, 0.05) is 19.2 Å². The zero-order valence-corrected chi connectivity index (χ0v) is 11.5. The number of carbonyl (C=O) groups is 1. The molecule has 0 saturated carbocycles. The third-order valence-electron chi connectivity index (χ3n) is 3.32. The van der Waals surface area contributed by atoms with Crippen LogP contribution >= 0.6 is 0 Å². The summed E-state index contributed by atoms with van der Waals surface area (Å²) in [5.74, 6) is -0.414. The Balaban J connectivity index is 1.80. The fourth-order valence-electron chi connectivity index (χ4n) is 2.27. The molecule has 21 heavy (non-hydrogen) atoms. The van der Waals surface area contributed by atoms with Gasteiger partial charge in [0.25, 0.3) is 5.91 Å². The standard InChI is InChI=1S/C16H14FN3O/c1-20(9-11-3-2-4-13(17)7-11)16(21)12-5-6-14-15(8-12)19-10-18-14/h2-8,10H,9H2,1H3,(H,18,19). The van der Waals surface area contributed by atoms with Gasteiger partial charge in [-0.3, -0.25) is 4.79 Å². The minimum atomic E-state index is -0.299. The summed E-state index contributed by atoms with van der Waals surface area (Å²) in [6, 6.07) is 11.6. The van der Waals surface area contributed by atoms with E-state index in [1.807, 2.05) is 0 Å². The van der Waals surface area contributed by atoms with Crippen LogP contribution in [0.1, 0.15) is 15.9 Å². The van der Waals surface area contributed by atoms with Crippen molar-refractivity contribution in [3.05, 3.63) is 65.7 Å². The Labute approximate surface area is 121 Å². The highest BCUT2D eigenvalue weighted by Crippen LogP contribution is 2.14. The van der Waals surface area contributed by atoms with E-state index in [1.54, 1.807) is 48.6 Å². The molecular weight excluding hydrogens is 269 g/mol. The highest BCUT2D eigenvalue weighted by Gasteiger charge is 2.13. The predicted molar refractivity (Wildman–Crippen MR) is 78.3 cm³/mol. The van der Waals surface area contributed by atoms with Gasteiger partial charge in [-0.15, -0.1) is 0 Å². The lowest BCUT2D eigenvalue weighted by molar-refractivity contribution is 0.0785. The molecule has 1 amide bonds. The molecule has 0 unspecified atom stereocenters. The largest absolute Gasteiger partial charge is 0.345 e. The summed E-state index contributed by atoms with van der Waals surface area (Å²) in [4.78, 5) is 21.1. The smallest absolute Gasteiger partial charge is 0.253 e. The van der Waals surface area contributed by atoms with Gasteiger partial charge in [0.2, 0.25) is 0 Å². The van der Waals surface area contributed by atoms with Crippen LogP contribution in [0.15, 0.2) is 48.8 Å². The van der Waals surface area contributed by atoms with Crippen LogP contribution in [0.4, 0.5) is 4.39 Å². The van der Waals surface area contributed by atoms with Crippen LogP contribution in [-0.2, 0) is 6.54 Å². The lowest BCUT2D eigenvalue weighted by Gasteiger charge is -2.17. The molecule has 1 aromatic heterocycles. The number of nitrogens with zero attached hydrogens (tertiary/aromatic N) is 2. The number of benzene rings is 2. The number of fused-ring (bicyclic) bond motifs is 1. The van der Waals surface area contributed by atoms with Crippen molar-refractivity contribution in [2.45, 2.75) is 6.54 Å². The van der Waals surface area contributed by atoms with Crippen molar-refractivity contribution in [3.63, 3.8) is 0 Å². The van der Waals surface area contributed by atoms with Crippen molar-refractivity contribution < 1.29 is 9.18 Å². The lowest BCUT2D eigenvalue weighted by Crippen LogP contribution is -2.26. The number of nitrogens with one attached hydrogen (secondary N) is 1. The molecule has 5 heteroatoms. The monoisotopic (exact) mass is 283 g/mol. The van der Waals surface area contributed by atoms with E-state index in [4.69, 9.17) is 0 Å². The number of aromatic nitrogens is 2. The Morgan fingerprint density at radius 1 is 1.29 bits per heavy atom. The van der Waals surface area contributed by atoms with Crippen LogP contribution in [0.25, 0.3) is 11.0 Å². The number of hydrogen-bond donors (Lipinski definition) is 1. The zero-order valence-electron chi connectivity index (χ0n) is 11.5. The second-order valence-corrected chi connectivity index (χ2v) is 4.93. The summed E-state index contributed by atoms with van der Waals surface area (Å²) in [7, 11) is 1.70. The van der Waals surface area contributed by atoms with Crippen LogP contribution in [-0.4, -0.2) is 27.8 Å². The zero-order chi connectivity index (χ0) is 14.8.